The number of aryl methyl sites for hydroxylation is 1. The molecule has 94 valence electrons. The minimum Gasteiger partial charge on any atom is -0.397 e. The summed E-state index contributed by atoms with van der Waals surface area (Å²) in [5, 5.41) is 0. The maximum atomic E-state index is 5.80. The van der Waals surface area contributed by atoms with Gasteiger partial charge in [-0.3, -0.25) is 0 Å². The van der Waals surface area contributed by atoms with Gasteiger partial charge in [-0.1, -0.05) is 0 Å². The Kier molecular flexibility index (Phi) is 3.52. The van der Waals surface area contributed by atoms with Crippen LogP contribution in [-0.4, -0.2) is 43.1 Å². The van der Waals surface area contributed by atoms with Crippen LogP contribution in [0.25, 0.3) is 0 Å². The fraction of sp³-hybridized carbons (Fsp3) is 0.615. The summed E-state index contributed by atoms with van der Waals surface area (Å²) < 4.78 is 0. The van der Waals surface area contributed by atoms with Crippen molar-refractivity contribution in [3.63, 3.8) is 0 Å². The first-order valence-corrected chi connectivity index (χ1v) is 6.21. The Balaban J connectivity index is 2.12. The van der Waals surface area contributed by atoms with E-state index in [1.807, 2.05) is 6.92 Å². The molecule has 0 bridgehead atoms. The number of aromatic nitrogens is 1. The summed E-state index contributed by atoms with van der Waals surface area (Å²) in [7, 11) is 4.31. The molecule has 0 saturated carbocycles. The molecular formula is C13H22N4. The van der Waals surface area contributed by atoms with Crippen molar-refractivity contribution in [2.75, 3.05) is 37.8 Å². The molecule has 1 aromatic heterocycles. The van der Waals surface area contributed by atoms with Gasteiger partial charge >= 0.3 is 0 Å². The fourth-order valence-corrected chi connectivity index (χ4v) is 2.39. The molecule has 4 nitrogen and oxygen atoms in total. The maximum Gasteiger partial charge on any atom is 0.128 e. The second-order valence-corrected chi connectivity index (χ2v) is 5.07. The van der Waals surface area contributed by atoms with Crippen LogP contribution in [0.1, 0.15) is 18.4 Å². The summed E-state index contributed by atoms with van der Waals surface area (Å²) in [5.74, 6) is 1.03. The van der Waals surface area contributed by atoms with Gasteiger partial charge in [-0.2, -0.15) is 0 Å². The number of piperidine rings is 1. The van der Waals surface area contributed by atoms with Crippen molar-refractivity contribution in [3.05, 3.63) is 17.8 Å². The van der Waals surface area contributed by atoms with Crippen LogP contribution in [0.15, 0.2) is 12.3 Å². The average molecular weight is 234 g/mol. The lowest BCUT2D eigenvalue weighted by Gasteiger charge is -2.36. The van der Waals surface area contributed by atoms with Crippen LogP contribution in [0.3, 0.4) is 0 Å². The molecule has 1 unspecified atom stereocenters. The highest BCUT2D eigenvalue weighted by Crippen LogP contribution is 2.21. The van der Waals surface area contributed by atoms with Gasteiger partial charge in [0.1, 0.15) is 5.82 Å². The van der Waals surface area contributed by atoms with Gasteiger partial charge in [0.25, 0.3) is 0 Å². The largest absolute Gasteiger partial charge is 0.397 e. The zero-order chi connectivity index (χ0) is 12.4. The lowest BCUT2D eigenvalue weighted by atomic mass is 10.0. The number of likely N-dealkylation sites (N-methyl/N-ethyl adjacent to an activating group) is 2. The van der Waals surface area contributed by atoms with Gasteiger partial charge in [0, 0.05) is 19.6 Å². The SMILES string of the molecule is Cc1cc(N(C)C2CCCN(C)C2)ncc1N. The molecule has 2 N–H and O–H groups in total. The molecule has 1 aromatic rings. The third kappa shape index (κ3) is 2.69. The van der Waals surface area contributed by atoms with Crippen LogP contribution >= 0.6 is 0 Å². The summed E-state index contributed by atoms with van der Waals surface area (Å²) in [6.45, 7) is 4.35. The molecule has 0 radical (unpaired) electrons. The Morgan fingerprint density at radius 3 is 2.94 bits per heavy atom. The third-order valence-electron chi connectivity index (χ3n) is 3.65. The molecular weight excluding hydrogens is 212 g/mol. The van der Waals surface area contributed by atoms with Crippen molar-refractivity contribution in [2.24, 2.45) is 0 Å². The molecule has 1 fully saturated rings. The number of nitrogens with two attached hydrogens (primary N) is 1. The molecule has 17 heavy (non-hydrogen) atoms. The Morgan fingerprint density at radius 1 is 1.53 bits per heavy atom. The van der Waals surface area contributed by atoms with E-state index >= 15 is 0 Å². The van der Waals surface area contributed by atoms with Crippen LogP contribution in [0.2, 0.25) is 0 Å². The summed E-state index contributed by atoms with van der Waals surface area (Å²) in [6, 6.07) is 2.63. The van der Waals surface area contributed by atoms with E-state index in [2.05, 4.69) is 34.9 Å². The van der Waals surface area contributed by atoms with Crippen molar-refractivity contribution in [3.8, 4) is 0 Å². The number of pyridine rings is 1. The number of hydrogen-bond acceptors (Lipinski definition) is 4. The van der Waals surface area contributed by atoms with Crippen molar-refractivity contribution in [1.82, 2.24) is 9.88 Å². The Morgan fingerprint density at radius 2 is 2.29 bits per heavy atom. The predicted octanol–water partition coefficient (Wildman–Crippen LogP) is 1.50. The van der Waals surface area contributed by atoms with Crippen LogP contribution in [-0.2, 0) is 0 Å². The molecule has 1 saturated heterocycles. The van der Waals surface area contributed by atoms with E-state index in [1.165, 1.54) is 19.4 Å². The highest BCUT2D eigenvalue weighted by molar-refractivity contribution is 5.52. The highest BCUT2D eigenvalue weighted by atomic mass is 15.2. The second kappa shape index (κ2) is 4.92. The Hall–Kier alpha value is -1.29. The Bertz CT molecular complexity index is 391. The molecule has 0 amide bonds. The molecule has 0 aromatic carbocycles. The van der Waals surface area contributed by atoms with Gasteiger partial charge < -0.3 is 15.5 Å². The third-order valence-corrected chi connectivity index (χ3v) is 3.65. The van der Waals surface area contributed by atoms with E-state index in [0.717, 1.165) is 23.6 Å². The van der Waals surface area contributed by atoms with E-state index in [-0.39, 0.29) is 0 Å². The molecule has 1 aliphatic rings. The van der Waals surface area contributed by atoms with E-state index in [4.69, 9.17) is 5.73 Å². The van der Waals surface area contributed by atoms with Gasteiger partial charge in [0.15, 0.2) is 0 Å². The number of nitrogens with zero attached hydrogens (tertiary/aromatic N) is 3. The first kappa shape index (κ1) is 12.2. The molecule has 0 aliphatic carbocycles. The standard InChI is InChI=1S/C13H22N4/c1-10-7-13(15-8-12(10)14)17(3)11-5-4-6-16(2)9-11/h7-8,11H,4-6,9,14H2,1-3H3. The van der Waals surface area contributed by atoms with Crippen molar-refractivity contribution in [1.29, 1.82) is 0 Å². The molecule has 2 heterocycles. The van der Waals surface area contributed by atoms with Gasteiger partial charge in [-0.05, 0) is 45.0 Å². The first-order valence-electron chi connectivity index (χ1n) is 6.21. The monoisotopic (exact) mass is 234 g/mol. The molecule has 1 atom stereocenters. The molecule has 4 heteroatoms. The molecule has 2 rings (SSSR count). The fourth-order valence-electron chi connectivity index (χ4n) is 2.39. The predicted molar refractivity (Wildman–Crippen MR) is 72.3 cm³/mol. The minimum atomic E-state index is 0.560. The van der Waals surface area contributed by atoms with Crippen molar-refractivity contribution < 1.29 is 0 Å². The number of likely N-dealkylation sites (tertiary alicyclic amines) is 1. The summed E-state index contributed by atoms with van der Waals surface area (Å²) >= 11 is 0. The van der Waals surface area contributed by atoms with Crippen LogP contribution in [0.4, 0.5) is 11.5 Å². The van der Waals surface area contributed by atoms with Crippen molar-refractivity contribution in [2.45, 2.75) is 25.8 Å². The molecule has 1 aliphatic heterocycles. The van der Waals surface area contributed by atoms with E-state index < -0.39 is 0 Å². The van der Waals surface area contributed by atoms with Crippen LogP contribution in [0, 0.1) is 6.92 Å². The normalized spacial score (nSPS) is 21.5. The van der Waals surface area contributed by atoms with Gasteiger partial charge in [0.05, 0.1) is 11.9 Å². The number of anilines is 2. The zero-order valence-electron chi connectivity index (χ0n) is 11.0. The molecule has 0 spiro atoms. The van der Waals surface area contributed by atoms with E-state index in [1.54, 1.807) is 6.20 Å². The summed E-state index contributed by atoms with van der Waals surface area (Å²) in [6.07, 6.45) is 4.26. The second-order valence-electron chi connectivity index (χ2n) is 5.07. The summed E-state index contributed by atoms with van der Waals surface area (Å²) in [4.78, 5) is 9.09. The first-order chi connectivity index (χ1) is 8.08. The van der Waals surface area contributed by atoms with Crippen LogP contribution in [0.5, 0.6) is 0 Å². The Labute approximate surface area is 103 Å². The maximum absolute atomic E-state index is 5.80. The van der Waals surface area contributed by atoms with Crippen LogP contribution < -0.4 is 10.6 Å². The average Bonchev–Trinajstić information content (AvgIpc) is 2.32. The number of nitrogen functional groups attached to an aromatic ring is 1. The zero-order valence-corrected chi connectivity index (χ0v) is 11.0. The number of rotatable bonds is 2. The summed E-state index contributed by atoms with van der Waals surface area (Å²) in [5.41, 5.74) is 7.67. The van der Waals surface area contributed by atoms with Gasteiger partial charge in [-0.15, -0.1) is 0 Å². The van der Waals surface area contributed by atoms with E-state index in [0.29, 0.717) is 6.04 Å². The van der Waals surface area contributed by atoms with Gasteiger partial charge in [-0.25, -0.2) is 4.98 Å². The highest BCUT2D eigenvalue weighted by Gasteiger charge is 2.22. The lowest BCUT2D eigenvalue weighted by molar-refractivity contribution is 0.247. The number of hydrogen-bond donors (Lipinski definition) is 1. The van der Waals surface area contributed by atoms with Crippen molar-refractivity contribution >= 4 is 11.5 Å². The van der Waals surface area contributed by atoms with Gasteiger partial charge in [0.2, 0.25) is 0 Å². The quantitative estimate of drug-likeness (QED) is 0.842. The smallest absolute Gasteiger partial charge is 0.128 e. The van der Waals surface area contributed by atoms with E-state index in [9.17, 15) is 0 Å². The minimum absolute atomic E-state index is 0.560. The lowest BCUT2D eigenvalue weighted by Crippen LogP contribution is -2.45. The topological polar surface area (TPSA) is 45.4 Å².